The van der Waals surface area contributed by atoms with Crippen LogP contribution in [0.3, 0.4) is 0 Å². The number of likely N-dealkylation sites (N-methyl/N-ethyl adjacent to an activating group) is 2. The lowest BCUT2D eigenvalue weighted by Gasteiger charge is -2.31. The van der Waals surface area contributed by atoms with E-state index in [9.17, 15) is 106 Å². The first kappa shape index (κ1) is 92.4. The molecule has 0 saturated carbocycles. The summed E-state index contributed by atoms with van der Waals surface area (Å²) in [7, 11) is -12.3. The minimum Gasteiger partial charge on any atom is -0.481 e. The summed E-state index contributed by atoms with van der Waals surface area (Å²) in [6.07, 6.45) is 7.56. The number of ether oxygens (including phenoxy) is 1. The Kier molecular flexibility index (Phi) is 31.9. The summed E-state index contributed by atoms with van der Waals surface area (Å²) < 4.78 is 146. The summed E-state index contributed by atoms with van der Waals surface area (Å²) in [5.74, 6) is -7.83. The second kappa shape index (κ2) is 39.7. The van der Waals surface area contributed by atoms with Crippen molar-refractivity contribution in [3.63, 3.8) is 0 Å². The molecule has 4 aromatic rings. The van der Waals surface area contributed by atoms with E-state index in [1.54, 1.807) is 73.8 Å². The largest absolute Gasteiger partial charge is 0.481 e. The molecule has 3 aliphatic rings. The molecule has 0 aromatic heterocycles. The highest BCUT2D eigenvalue weighted by Crippen LogP contribution is 2.49. The number of anilines is 1. The lowest BCUT2D eigenvalue weighted by Crippen LogP contribution is -2.53. The number of hydrogen-bond donors (Lipinski definition) is 13. The summed E-state index contributed by atoms with van der Waals surface area (Å²) in [4.78, 5) is 104. The Bertz CT molecular complexity index is 4930. The first-order valence-electron chi connectivity index (χ1n) is 37.2. The van der Waals surface area contributed by atoms with E-state index in [0.717, 1.165) is 0 Å². The first-order valence-corrected chi connectivity index (χ1v) is 43.3. The van der Waals surface area contributed by atoms with Crippen molar-refractivity contribution in [2.45, 2.75) is 162 Å². The molecule has 0 spiro atoms. The Morgan fingerprint density at radius 3 is 1.77 bits per heavy atom. The summed E-state index contributed by atoms with van der Waals surface area (Å²) >= 11 is 0. The molecule has 4 atom stereocenters. The number of carbonyl (C=O) groups is 8. The number of benzene rings is 4. The normalized spacial score (nSPS) is 16.7. The van der Waals surface area contributed by atoms with Gasteiger partial charge in [-0.1, -0.05) is 62.4 Å². The Labute approximate surface area is 669 Å². The molecular weight excluding hydrogens is 1580 g/mol. The standard InChI is InChI=1S/C77H101N9O25S4/c1-76(2)57-48-55(114(105,106)107)26-30-63(57)84(38-11-13-44-112(99,100)101)65(76)32-22-52-18-15-19-53(23-33-66-77(3,4)58-49-56(115(108,109)110)27-31-64(58)85(66)39-12-14-45-113(102,103)104)70(52)111-54-24-20-51(21-25-54)47-62(74(96)97)80-71(91)61(46-50-16-9-8-10-17-50)79-68(88)36-40-83(5)41-43-86(6,7)42-37-78-67(87)34-28-59(72(92)93)81-75(98)82-60(73(94)95)29-35-69(89)90/h8-10,16-17,20-27,30-33,48-49,59-62H,11-15,18-19,28-29,34-47H2,1-7H3,(H11-2,78,79,80,81,82,87,88,89,90,91,92,93,94,95,96,97,98,99,100,101,102,103,104,105,106,107,108,109,110)/p+2/t59-,60-,61-,62-/m0/s1. The number of quaternary nitrogens is 1. The molecule has 1 aliphatic carbocycles. The van der Waals surface area contributed by atoms with Gasteiger partial charge in [-0.25, -0.2) is 19.2 Å². The molecule has 0 bridgehead atoms. The fourth-order valence-corrected chi connectivity index (χ4v) is 15.9. The van der Waals surface area contributed by atoms with E-state index in [0.29, 0.717) is 105 Å². The van der Waals surface area contributed by atoms with Gasteiger partial charge in [-0.05, 0) is 155 Å². The van der Waals surface area contributed by atoms with Crippen LogP contribution in [0.4, 0.5) is 16.2 Å². The van der Waals surface area contributed by atoms with Crippen molar-refractivity contribution in [1.29, 1.82) is 0 Å². The highest BCUT2D eigenvalue weighted by molar-refractivity contribution is 7.86. The maximum absolute atomic E-state index is 14.3. The second-order valence-electron chi connectivity index (χ2n) is 30.3. The zero-order chi connectivity index (χ0) is 85.2. The van der Waals surface area contributed by atoms with Crippen LogP contribution in [0.25, 0.3) is 0 Å². The molecule has 7 rings (SSSR count). The zero-order valence-electron chi connectivity index (χ0n) is 65.0. The molecule has 4 aromatic carbocycles. The van der Waals surface area contributed by atoms with E-state index in [-0.39, 0.29) is 99.5 Å². The summed E-state index contributed by atoms with van der Waals surface area (Å²) in [5, 5.41) is 50.8. The van der Waals surface area contributed by atoms with E-state index < -0.39 is 147 Å². The van der Waals surface area contributed by atoms with Crippen LogP contribution in [0, 0.1) is 0 Å². The number of unbranched alkanes of at least 4 members (excludes halogenated alkanes) is 2. The molecule has 38 heteroatoms. The lowest BCUT2D eigenvalue weighted by atomic mass is 9.81. The third kappa shape index (κ3) is 27.7. The molecule has 628 valence electrons. The number of amides is 5. The number of urea groups is 1. The summed E-state index contributed by atoms with van der Waals surface area (Å²) in [6.45, 7) is 9.74. The molecule has 0 radical (unpaired) electrons. The topological polar surface area (TPSA) is 514 Å². The predicted molar refractivity (Wildman–Crippen MR) is 423 cm³/mol. The SMILES string of the molecule is CN(CCC(=O)N[C@@H](Cc1ccccc1)C(=O)N[C@@H](Cc1ccc(OC2=C(/C=C/C3=[N+](CCCCS(=O)(=O)O)c4ccc(S(=O)(=O)O)cc4C3(C)C)CCC/C2=C\C=C2\N(CCCCS(=O)(=O)O)c3ccc(S(=O)(=O)O)cc3C2(C)C)cc1)C(=O)O)CC[N+](C)(C)CCNC(=O)CC[C@H](NC(=O)N[C@@H](CCC(=O)O)C(=O)O)C(=O)O. The zero-order valence-corrected chi connectivity index (χ0v) is 68.2. The smallest absolute Gasteiger partial charge is 0.326 e. The van der Waals surface area contributed by atoms with Crippen molar-refractivity contribution >= 4 is 105 Å². The molecule has 115 heavy (non-hydrogen) atoms. The number of nitrogens with one attached hydrogen (secondary N) is 5. The number of carboxylic acids is 4. The van der Waals surface area contributed by atoms with Gasteiger partial charge in [-0.2, -0.15) is 38.2 Å². The summed E-state index contributed by atoms with van der Waals surface area (Å²) in [6, 6.07) is 16.6. The molecule has 5 amide bonds. The molecule has 0 fully saturated rings. The molecule has 0 unspecified atom stereocenters. The number of allylic oxidation sites excluding steroid dienone is 7. The van der Waals surface area contributed by atoms with E-state index in [2.05, 4.69) is 21.3 Å². The number of carboxylic acid groups (broad SMARTS) is 4. The fraction of sp³-hybridized carbons (Fsp3) is 0.468. The van der Waals surface area contributed by atoms with E-state index in [4.69, 9.17) is 9.84 Å². The number of fused-ring (bicyclic) bond motifs is 2. The molecule has 13 N–H and O–H groups in total. The van der Waals surface area contributed by atoms with Crippen LogP contribution in [0.5, 0.6) is 5.75 Å². The summed E-state index contributed by atoms with van der Waals surface area (Å²) in [5.41, 5.74) is 4.10. The number of aliphatic carboxylic acids is 4. The van der Waals surface area contributed by atoms with E-state index in [1.807, 2.05) is 85.8 Å². The van der Waals surface area contributed by atoms with Crippen LogP contribution in [-0.2, 0) is 97.7 Å². The van der Waals surface area contributed by atoms with Crippen LogP contribution >= 0.6 is 0 Å². The minimum atomic E-state index is -4.66. The predicted octanol–water partition coefficient (Wildman–Crippen LogP) is 5.78. The molecule has 2 heterocycles. The van der Waals surface area contributed by atoms with Gasteiger partial charge in [-0.15, -0.1) is 0 Å². The number of nitrogens with zero attached hydrogens (tertiary/aromatic N) is 4. The van der Waals surface area contributed by atoms with Crippen LogP contribution in [-0.4, -0.2) is 242 Å². The van der Waals surface area contributed by atoms with Crippen LogP contribution in [0.1, 0.15) is 127 Å². The second-order valence-corrected chi connectivity index (χ2v) is 36.3. The monoisotopic (exact) mass is 1680 g/mol. The maximum atomic E-state index is 14.3. The van der Waals surface area contributed by atoms with Gasteiger partial charge in [0.25, 0.3) is 40.5 Å². The van der Waals surface area contributed by atoms with Gasteiger partial charge >= 0.3 is 29.9 Å². The van der Waals surface area contributed by atoms with Crippen molar-refractivity contribution in [2.24, 2.45) is 0 Å². The van der Waals surface area contributed by atoms with Gasteiger partial charge in [0, 0.05) is 92.7 Å². The number of carbonyl (C=O) groups excluding carboxylic acids is 4. The van der Waals surface area contributed by atoms with Gasteiger partial charge in [0.05, 0.1) is 60.4 Å². The average molecular weight is 1680 g/mol. The average Bonchev–Trinajstić information content (AvgIpc) is 1.59. The van der Waals surface area contributed by atoms with E-state index >= 15 is 0 Å². The highest BCUT2D eigenvalue weighted by atomic mass is 32.2. The fourth-order valence-electron chi connectivity index (χ4n) is 13.7. The number of hydrogen-bond acceptors (Lipinski definition) is 19. The molecule has 2 aliphatic heterocycles. The Balaban J connectivity index is 1.08. The van der Waals surface area contributed by atoms with Crippen LogP contribution in [0.2, 0.25) is 0 Å². The molecule has 34 nitrogen and oxygen atoms in total. The first-order chi connectivity index (χ1) is 53.6. The van der Waals surface area contributed by atoms with Gasteiger partial charge < -0.3 is 66.0 Å². The van der Waals surface area contributed by atoms with Gasteiger partial charge in [0.15, 0.2) is 5.71 Å². The lowest BCUT2D eigenvalue weighted by molar-refractivity contribution is -0.888. The molecular formula is C77H103N9O25S4+2. The Hall–Kier alpha value is -9.77. The minimum absolute atomic E-state index is 0.00202. The Morgan fingerprint density at radius 1 is 0.600 bits per heavy atom. The van der Waals surface area contributed by atoms with Crippen molar-refractivity contribution < 1.29 is 124 Å². The van der Waals surface area contributed by atoms with Crippen molar-refractivity contribution in [2.75, 3.05) is 83.4 Å². The molecule has 0 saturated heterocycles. The highest BCUT2D eigenvalue weighted by Gasteiger charge is 2.46. The Morgan fingerprint density at radius 2 is 1.17 bits per heavy atom. The van der Waals surface area contributed by atoms with Gasteiger partial charge in [-0.3, -0.25) is 37.4 Å². The van der Waals surface area contributed by atoms with Crippen molar-refractivity contribution in [3.8, 4) is 5.75 Å². The quantitative estimate of drug-likeness (QED) is 0.0108. The third-order valence-corrected chi connectivity index (χ3v) is 23.6. The van der Waals surface area contributed by atoms with Gasteiger partial charge in [0.1, 0.15) is 42.2 Å². The van der Waals surface area contributed by atoms with Gasteiger partial charge in [0.2, 0.25) is 23.4 Å². The van der Waals surface area contributed by atoms with Crippen LogP contribution in [0.15, 0.2) is 148 Å². The van der Waals surface area contributed by atoms with Crippen LogP contribution < -0.4 is 36.2 Å². The van der Waals surface area contributed by atoms with Crippen molar-refractivity contribution in [3.05, 3.63) is 160 Å². The van der Waals surface area contributed by atoms with Crippen molar-refractivity contribution in [1.82, 2.24) is 31.5 Å². The third-order valence-electron chi connectivity index (χ3n) is 20.2. The number of rotatable bonds is 44. The van der Waals surface area contributed by atoms with E-state index in [1.165, 1.54) is 24.3 Å². The maximum Gasteiger partial charge on any atom is 0.326 e.